The Morgan fingerprint density at radius 2 is 2.06 bits per heavy atom. The molecule has 1 aliphatic carbocycles. The summed E-state index contributed by atoms with van der Waals surface area (Å²) in [6.07, 6.45) is 2.26. The van der Waals surface area contributed by atoms with Gasteiger partial charge in [-0.15, -0.1) is 0 Å². The number of hydrogen-bond acceptors (Lipinski definition) is 3. The summed E-state index contributed by atoms with van der Waals surface area (Å²) in [7, 11) is 0. The molecule has 1 saturated carbocycles. The number of phenols is 1. The van der Waals surface area contributed by atoms with Gasteiger partial charge in [0.2, 0.25) is 0 Å². The van der Waals surface area contributed by atoms with Gasteiger partial charge in [-0.1, -0.05) is 26.0 Å². The van der Waals surface area contributed by atoms with Crippen molar-refractivity contribution in [2.45, 2.75) is 39.2 Å². The Labute approximate surface area is 109 Å². The van der Waals surface area contributed by atoms with Gasteiger partial charge < -0.3 is 15.9 Å². The lowest BCUT2D eigenvalue weighted by Crippen LogP contribution is -2.44. The molecule has 0 saturated heterocycles. The molecule has 100 valence electrons. The maximum absolute atomic E-state index is 10.6. The van der Waals surface area contributed by atoms with Crippen molar-refractivity contribution in [1.82, 2.24) is 0 Å². The second kappa shape index (κ2) is 4.56. The van der Waals surface area contributed by atoms with Crippen molar-refractivity contribution in [2.75, 3.05) is 6.54 Å². The van der Waals surface area contributed by atoms with Gasteiger partial charge in [-0.05, 0) is 42.4 Å². The highest BCUT2D eigenvalue weighted by Crippen LogP contribution is 2.50. The number of rotatable bonds is 3. The molecule has 1 fully saturated rings. The predicted octanol–water partition coefficient (Wildman–Crippen LogP) is 2.06. The fourth-order valence-corrected chi connectivity index (χ4v) is 3.22. The van der Waals surface area contributed by atoms with Crippen LogP contribution in [0.25, 0.3) is 0 Å². The summed E-state index contributed by atoms with van der Waals surface area (Å²) >= 11 is 0. The molecule has 2 atom stereocenters. The first-order valence-electron chi connectivity index (χ1n) is 6.56. The van der Waals surface area contributed by atoms with Crippen LogP contribution < -0.4 is 5.73 Å². The molecule has 1 aliphatic rings. The van der Waals surface area contributed by atoms with E-state index in [0.717, 1.165) is 24.8 Å². The molecule has 3 heteroatoms. The zero-order valence-corrected chi connectivity index (χ0v) is 11.2. The number of nitrogens with two attached hydrogens (primary N) is 1. The van der Waals surface area contributed by atoms with E-state index in [9.17, 15) is 10.2 Å². The van der Waals surface area contributed by atoms with Crippen molar-refractivity contribution in [3.8, 4) is 5.75 Å². The summed E-state index contributed by atoms with van der Waals surface area (Å²) in [6, 6.07) is 7.24. The van der Waals surface area contributed by atoms with Gasteiger partial charge in [-0.25, -0.2) is 0 Å². The number of aliphatic hydroxyl groups is 1. The third kappa shape index (κ3) is 2.25. The Bertz CT molecular complexity index is 430. The molecule has 1 aromatic rings. The van der Waals surface area contributed by atoms with E-state index >= 15 is 0 Å². The number of phenolic OH excluding ortho intramolecular Hbond substituents is 1. The molecule has 0 amide bonds. The molecule has 1 aromatic carbocycles. The minimum absolute atomic E-state index is 0.0732. The maximum Gasteiger partial charge on any atom is 0.115 e. The number of aliphatic hydroxyl groups excluding tert-OH is 1. The third-order valence-corrected chi connectivity index (χ3v) is 4.46. The predicted molar refractivity (Wildman–Crippen MR) is 72.3 cm³/mol. The van der Waals surface area contributed by atoms with Gasteiger partial charge in [0, 0.05) is 12.0 Å². The maximum atomic E-state index is 10.6. The van der Waals surface area contributed by atoms with Crippen LogP contribution in [0.5, 0.6) is 5.75 Å². The molecule has 2 unspecified atom stereocenters. The molecule has 0 bridgehead atoms. The Morgan fingerprint density at radius 3 is 2.56 bits per heavy atom. The van der Waals surface area contributed by atoms with Crippen molar-refractivity contribution in [2.24, 2.45) is 16.6 Å². The number of hydrogen-bond donors (Lipinski definition) is 3. The molecule has 0 aromatic heterocycles. The zero-order valence-electron chi connectivity index (χ0n) is 11.2. The summed E-state index contributed by atoms with van der Waals surface area (Å²) in [5.41, 5.74) is 6.66. The molecular formula is C15H23NO2. The first-order chi connectivity index (χ1) is 8.39. The summed E-state index contributed by atoms with van der Waals surface area (Å²) in [5, 5.41) is 20.1. The van der Waals surface area contributed by atoms with Gasteiger partial charge in [0.15, 0.2) is 0 Å². The third-order valence-electron chi connectivity index (χ3n) is 4.46. The first-order valence-corrected chi connectivity index (χ1v) is 6.56. The lowest BCUT2D eigenvalue weighted by molar-refractivity contribution is -0.00465. The number of benzene rings is 1. The molecule has 0 heterocycles. The highest BCUT2D eigenvalue weighted by Gasteiger charge is 2.50. The van der Waals surface area contributed by atoms with Crippen LogP contribution in [0, 0.1) is 10.8 Å². The molecule has 18 heavy (non-hydrogen) atoms. The van der Waals surface area contributed by atoms with Crippen LogP contribution in [-0.2, 0) is 6.42 Å². The summed E-state index contributed by atoms with van der Waals surface area (Å²) in [4.78, 5) is 0. The van der Waals surface area contributed by atoms with Crippen molar-refractivity contribution in [3.63, 3.8) is 0 Å². The Hall–Kier alpha value is -1.06. The average molecular weight is 249 g/mol. The van der Waals surface area contributed by atoms with Gasteiger partial charge in [0.25, 0.3) is 0 Å². The van der Waals surface area contributed by atoms with Crippen LogP contribution in [0.1, 0.15) is 32.3 Å². The Balaban J connectivity index is 2.25. The van der Waals surface area contributed by atoms with Crippen LogP contribution in [0.4, 0.5) is 0 Å². The van der Waals surface area contributed by atoms with E-state index in [-0.39, 0.29) is 16.6 Å². The largest absolute Gasteiger partial charge is 0.508 e. The molecule has 0 radical (unpaired) electrons. The molecule has 0 spiro atoms. The highest BCUT2D eigenvalue weighted by atomic mass is 16.3. The minimum Gasteiger partial charge on any atom is -0.508 e. The number of aromatic hydroxyl groups is 1. The molecule has 2 rings (SSSR count). The monoisotopic (exact) mass is 249 g/mol. The molecule has 0 aliphatic heterocycles. The lowest BCUT2D eigenvalue weighted by Gasteiger charge is -2.36. The first kappa shape index (κ1) is 13.4. The normalized spacial score (nSPS) is 30.6. The van der Waals surface area contributed by atoms with E-state index in [1.54, 1.807) is 12.1 Å². The van der Waals surface area contributed by atoms with Gasteiger partial charge in [0.1, 0.15) is 5.75 Å². The zero-order chi connectivity index (χ0) is 13.4. The highest BCUT2D eigenvalue weighted by molar-refractivity contribution is 5.28. The molecule has 4 N–H and O–H groups in total. The quantitative estimate of drug-likeness (QED) is 0.768. The van der Waals surface area contributed by atoms with Gasteiger partial charge >= 0.3 is 0 Å². The van der Waals surface area contributed by atoms with E-state index < -0.39 is 6.10 Å². The summed E-state index contributed by atoms with van der Waals surface area (Å²) in [6.45, 7) is 4.67. The van der Waals surface area contributed by atoms with Crippen LogP contribution in [-0.4, -0.2) is 22.9 Å². The second-order valence-electron chi connectivity index (χ2n) is 6.30. The van der Waals surface area contributed by atoms with Crippen molar-refractivity contribution in [1.29, 1.82) is 0 Å². The fraction of sp³-hybridized carbons (Fsp3) is 0.600. The Kier molecular flexibility index (Phi) is 3.39. The van der Waals surface area contributed by atoms with Crippen LogP contribution in [0.15, 0.2) is 24.3 Å². The smallest absolute Gasteiger partial charge is 0.115 e. The van der Waals surface area contributed by atoms with Crippen LogP contribution >= 0.6 is 0 Å². The van der Waals surface area contributed by atoms with E-state index in [1.807, 2.05) is 12.1 Å². The second-order valence-corrected chi connectivity index (χ2v) is 6.30. The van der Waals surface area contributed by atoms with Gasteiger partial charge in [-0.3, -0.25) is 0 Å². The average Bonchev–Trinajstić information content (AvgIpc) is 2.54. The van der Waals surface area contributed by atoms with E-state index in [2.05, 4.69) is 13.8 Å². The SMILES string of the molecule is CC1(C)CCC(CN)(Cc2cccc(O)c2)C1O. The van der Waals surface area contributed by atoms with E-state index in [4.69, 9.17) is 5.73 Å². The van der Waals surface area contributed by atoms with Crippen LogP contribution in [0.2, 0.25) is 0 Å². The topological polar surface area (TPSA) is 66.5 Å². The van der Waals surface area contributed by atoms with E-state index in [1.165, 1.54) is 0 Å². The van der Waals surface area contributed by atoms with E-state index in [0.29, 0.717) is 6.54 Å². The minimum atomic E-state index is -0.391. The Morgan fingerprint density at radius 1 is 1.33 bits per heavy atom. The van der Waals surface area contributed by atoms with Gasteiger partial charge in [-0.2, -0.15) is 0 Å². The molecular weight excluding hydrogens is 226 g/mol. The fourth-order valence-electron chi connectivity index (χ4n) is 3.22. The summed E-state index contributed by atoms with van der Waals surface area (Å²) < 4.78 is 0. The van der Waals surface area contributed by atoms with Crippen molar-refractivity contribution < 1.29 is 10.2 Å². The standard InChI is InChI=1S/C15H23NO2/c1-14(2)6-7-15(10-16,13(14)18)9-11-4-3-5-12(17)8-11/h3-5,8,13,17-18H,6-7,9-10,16H2,1-2H3. The van der Waals surface area contributed by atoms with Crippen molar-refractivity contribution >= 4 is 0 Å². The van der Waals surface area contributed by atoms with Crippen molar-refractivity contribution in [3.05, 3.63) is 29.8 Å². The summed E-state index contributed by atoms with van der Waals surface area (Å²) in [5.74, 6) is 0.270. The van der Waals surface area contributed by atoms with Crippen LogP contribution in [0.3, 0.4) is 0 Å². The molecule has 3 nitrogen and oxygen atoms in total. The van der Waals surface area contributed by atoms with Gasteiger partial charge in [0.05, 0.1) is 6.10 Å². The lowest BCUT2D eigenvalue weighted by atomic mass is 9.74.